The van der Waals surface area contributed by atoms with Gasteiger partial charge in [0.05, 0.1) is 12.1 Å². The van der Waals surface area contributed by atoms with Crippen LogP contribution in [0.2, 0.25) is 0 Å². The van der Waals surface area contributed by atoms with Crippen molar-refractivity contribution in [1.29, 1.82) is 0 Å². The standard InChI is InChI=1S/C22H20FN7O3/c1-25-22(33)17-10-14(23)11-29(17)19(31)12-30-16-5-3-13(4-6-18-26-7-2-8-27-18)9-15(16)20(28-30)21(24)32/h2-3,5,7-9,14,17H,10-12H2,1H3,(H2,24,32)(H,25,33)/t14-,17+/m1/s1. The first kappa shape index (κ1) is 21.9. The molecule has 1 saturated heterocycles. The molecule has 1 fully saturated rings. The van der Waals surface area contributed by atoms with Crippen LogP contribution in [0.15, 0.2) is 36.7 Å². The number of hydrogen-bond donors (Lipinski definition) is 2. The van der Waals surface area contributed by atoms with Gasteiger partial charge in [0.25, 0.3) is 5.91 Å². The lowest BCUT2D eigenvalue weighted by atomic mass is 10.1. The monoisotopic (exact) mass is 449 g/mol. The number of primary amides is 1. The molecular weight excluding hydrogens is 429 g/mol. The van der Waals surface area contributed by atoms with Gasteiger partial charge in [-0.3, -0.25) is 19.1 Å². The summed E-state index contributed by atoms with van der Waals surface area (Å²) in [4.78, 5) is 46.2. The number of halogens is 1. The number of fused-ring (bicyclic) bond motifs is 1. The second-order valence-corrected chi connectivity index (χ2v) is 7.43. The minimum atomic E-state index is -1.29. The predicted octanol–water partition coefficient (Wildman–Crippen LogP) is 0.0100. The molecule has 33 heavy (non-hydrogen) atoms. The van der Waals surface area contributed by atoms with E-state index in [1.807, 2.05) is 0 Å². The van der Waals surface area contributed by atoms with E-state index in [1.165, 1.54) is 16.6 Å². The highest BCUT2D eigenvalue weighted by atomic mass is 19.1. The quantitative estimate of drug-likeness (QED) is 0.539. The number of nitrogens with two attached hydrogens (primary N) is 1. The lowest BCUT2D eigenvalue weighted by Gasteiger charge is -2.23. The molecule has 2 aromatic heterocycles. The zero-order chi connectivity index (χ0) is 23.5. The van der Waals surface area contributed by atoms with Crippen LogP contribution in [0, 0.1) is 11.8 Å². The number of aromatic nitrogens is 4. The summed E-state index contributed by atoms with van der Waals surface area (Å²) in [6.07, 6.45) is 1.80. The van der Waals surface area contributed by atoms with Crippen molar-refractivity contribution in [2.45, 2.75) is 25.2 Å². The number of amides is 3. The number of nitrogens with zero attached hydrogens (tertiary/aromatic N) is 5. The van der Waals surface area contributed by atoms with Crippen molar-refractivity contribution in [2.75, 3.05) is 13.6 Å². The summed E-state index contributed by atoms with van der Waals surface area (Å²) in [6.45, 7) is -0.465. The summed E-state index contributed by atoms with van der Waals surface area (Å²) in [5, 5.41) is 7.07. The Kier molecular flexibility index (Phi) is 5.99. The van der Waals surface area contributed by atoms with E-state index in [0.29, 0.717) is 22.3 Å². The Morgan fingerprint density at radius 1 is 1.24 bits per heavy atom. The molecule has 0 unspecified atom stereocenters. The molecule has 1 aromatic carbocycles. The van der Waals surface area contributed by atoms with Gasteiger partial charge in [0, 0.05) is 36.8 Å². The van der Waals surface area contributed by atoms with Crippen LogP contribution in [-0.2, 0) is 16.1 Å². The van der Waals surface area contributed by atoms with Crippen molar-refractivity contribution in [3.05, 3.63) is 53.7 Å². The molecule has 10 nitrogen and oxygen atoms in total. The summed E-state index contributed by atoms with van der Waals surface area (Å²) in [5.74, 6) is 4.40. The van der Waals surface area contributed by atoms with E-state index in [4.69, 9.17) is 5.73 Å². The van der Waals surface area contributed by atoms with Gasteiger partial charge < -0.3 is 16.0 Å². The molecule has 0 aliphatic carbocycles. The summed E-state index contributed by atoms with van der Waals surface area (Å²) < 4.78 is 15.3. The van der Waals surface area contributed by atoms with E-state index in [9.17, 15) is 18.8 Å². The second-order valence-electron chi connectivity index (χ2n) is 7.43. The van der Waals surface area contributed by atoms with Crippen molar-refractivity contribution in [2.24, 2.45) is 5.73 Å². The van der Waals surface area contributed by atoms with Crippen LogP contribution in [-0.4, -0.2) is 68.2 Å². The molecule has 3 N–H and O–H groups in total. The predicted molar refractivity (Wildman–Crippen MR) is 115 cm³/mol. The highest BCUT2D eigenvalue weighted by Gasteiger charge is 2.39. The number of nitrogens with one attached hydrogen (secondary N) is 1. The number of rotatable bonds is 4. The fourth-order valence-corrected chi connectivity index (χ4v) is 3.75. The third-order valence-corrected chi connectivity index (χ3v) is 5.27. The maximum Gasteiger partial charge on any atom is 0.269 e. The molecule has 3 heterocycles. The molecule has 0 radical (unpaired) electrons. The molecule has 0 saturated carbocycles. The zero-order valence-electron chi connectivity index (χ0n) is 17.7. The van der Waals surface area contributed by atoms with Crippen molar-refractivity contribution >= 4 is 28.6 Å². The lowest BCUT2D eigenvalue weighted by Crippen LogP contribution is -2.46. The van der Waals surface area contributed by atoms with Gasteiger partial charge in [0.2, 0.25) is 17.6 Å². The number of alkyl halides is 1. The minimum absolute atomic E-state index is 0.0231. The Bertz CT molecular complexity index is 1300. The highest BCUT2D eigenvalue weighted by molar-refractivity contribution is 6.04. The van der Waals surface area contributed by atoms with E-state index in [0.717, 1.165) is 0 Å². The van der Waals surface area contributed by atoms with E-state index in [-0.39, 0.29) is 25.2 Å². The average molecular weight is 449 g/mol. The number of benzene rings is 1. The third-order valence-electron chi connectivity index (χ3n) is 5.27. The smallest absolute Gasteiger partial charge is 0.269 e. The lowest BCUT2D eigenvalue weighted by molar-refractivity contribution is -0.138. The van der Waals surface area contributed by atoms with Crippen LogP contribution >= 0.6 is 0 Å². The molecule has 2 atom stereocenters. The largest absolute Gasteiger partial charge is 0.364 e. The average Bonchev–Trinajstić information content (AvgIpc) is 3.38. The van der Waals surface area contributed by atoms with Gasteiger partial charge in [-0.05, 0) is 30.2 Å². The Balaban J connectivity index is 1.65. The number of likely N-dealkylation sites (tertiary alicyclic amines) is 1. The fraction of sp³-hybridized carbons (Fsp3) is 0.273. The molecule has 3 aromatic rings. The number of likely N-dealkylation sites (N-methyl/N-ethyl adjacent to an activating group) is 1. The molecule has 0 bridgehead atoms. The van der Waals surface area contributed by atoms with Crippen molar-refractivity contribution < 1.29 is 18.8 Å². The molecule has 4 rings (SSSR count). The van der Waals surface area contributed by atoms with E-state index in [1.54, 1.807) is 36.7 Å². The Morgan fingerprint density at radius 3 is 2.70 bits per heavy atom. The maximum absolute atomic E-state index is 13.9. The maximum atomic E-state index is 13.9. The van der Waals surface area contributed by atoms with Crippen molar-refractivity contribution in [3.63, 3.8) is 0 Å². The molecule has 0 spiro atoms. The fourth-order valence-electron chi connectivity index (χ4n) is 3.75. The van der Waals surface area contributed by atoms with Gasteiger partial charge in [-0.2, -0.15) is 5.10 Å². The van der Waals surface area contributed by atoms with Crippen LogP contribution in [0.4, 0.5) is 4.39 Å². The van der Waals surface area contributed by atoms with E-state index < -0.39 is 29.9 Å². The van der Waals surface area contributed by atoms with Gasteiger partial charge >= 0.3 is 0 Å². The number of carbonyl (C=O) groups excluding carboxylic acids is 3. The van der Waals surface area contributed by atoms with E-state index in [2.05, 4.69) is 32.2 Å². The van der Waals surface area contributed by atoms with Crippen molar-refractivity contribution in [1.82, 2.24) is 30.0 Å². The summed E-state index contributed by atoms with van der Waals surface area (Å²) in [5.41, 5.74) is 6.52. The molecule has 3 amide bonds. The first-order valence-corrected chi connectivity index (χ1v) is 10.1. The topological polar surface area (TPSA) is 136 Å². The SMILES string of the molecule is CNC(=O)[C@@H]1C[C@@H](F)CN1C(=O)Cn1nc(C(N)=O)c2cc(C#Cc3ncccn3)ccc21. The normalized spacial score (nSPS) is 17.5. The first-order chi connectivity index (χ1) is 15.9. The third kappa shape index (κ3) is 4.50. The molecule has 1 aliphatic rings. The Labute approximate surface area is 188 Å². The summed E-state index contributed by atoms with van der Waals surface area (Å²) in [6, 6.07) is 5.79. The summed E-state index contributed by atoms with van der Waals surface area (Å²) >= 11 is 0. The van der Waals surface area contributed by atoms with Gasteiger partial charge in [0.1, 0.15) is 18.8 Å². The van der Waals surface area contributed by atoms with Crippen LogP contribution < -0.4 is 11.1 Å². The van der Waals surface area contributed by atoms with Gasteiger partial charge in [0.15, 0.2) is 5.69 Å². The summed E-state index contributed by atoms with van der Waals surface area (Å²) in [7, 11) is 1.43. The molecule has 1 aliphatic heterocycles. The first-order valence-electron chi connectivity index (χ1n) is 10.1. The number of hydrogen-bond acceptors (Lipinski definition) is 6. The second kappa shape index (κ2) is 9.04. The molecule has 168 valence electrons. The molecule has 11 heteroatoms. The van der Waals surface area contributed by atoms with Gasteiger partial charge in [-0.15, -0.1) is 0 Å². The molecular formula is C22H20FN7O3. The van der Waals surface area contributed by atoms with Crippen molar-refractivity contribution in [3.8, 4) is 11.8 Å². The van der Waals surface area contributed by atoms with Crippen LogP contribution in [0.5, 0.6) is 0 Å². The van der Waals surface area contributed by atoms with Crippen LogP contribution in [0.25, 0.3) is 10.9 Å². The van der Waals surface area contributed by atoms with Crippen LogP contribution in [0.3, 0.4) is 0 Å². The van der Waals surface area contributed by atoms with E-state index >= 15 is 0 Å². The Hall–Kier alpha value is -4.33. The Morgan fingerprint density at radius 2 is 2.00 bits per heavy atom. The van der Waals surface area contributed by atoms with Crippen LogP contribution in [0.1, 0.15) is 28.3 Å². The van der Waals surface area contributed by atoms with Gasteiger partial charge in [-0.1, -0.05) is 5.92 Å². The zero-order valence-corrected chi connectivity index (χ0v) is 17.7. The van der Waals surface area contributed by atoms with Gasteiger partial charge in [-0.25, -0.2) is 14.4 Å². The minimum Gasteiger partial charge on any atom is -0.364 e. The highest BCUT2D eigenvalue weighted by Crippen LogP contribution is 2.23. The number of carbonyl (C=O) groups is 3.